The highest BCUT2D eigenvalue weighted by molar-refractivity contribution is 5.90. The van der Waals surface area contributed by atoms with Gasteiger partial charge in [-0.1, -0.05) is 30.0 Å². The van der Waals surface area contributed by atoms with E-state index in [2.05, 4.69) is 5.92 Å². The van der Waals surface area contributed by atoms with E-state index >= 15 is 0 Å². The first kappa shape index (κ1) is 19.1. The van der Waals surface area contributed by atoms with E-state index in [9.17, 15) is 26.7 Å². The zero-order valence-electron chi connectivity index (χ0n) is 13.9. The quantitative estimate of drug-likeness (QED) is 0.154. The summed E-state index contributed by atoms with van der Waals surface area (Å²) in [6.07, 6.45) is 0. The molecule has 2 nitrogen and oxygen atoms in total. The van der Waals surface area contributed by atoms with Crippen molar-refractivity contribution >= 4 is 5.97 Å². The second-order valence-corrected chi connectivity index (χ2v) is 5.47. The number of carbonyl (C=O) groups excluding carboxylic acids is 1. The van der Waals surface area contributed by atoms with Crippen LogP contribution in [0, 0.1) is 40.9 Å². The molecule has 0 saturated carbocycles. The van der Waals surface area contributed by atoms with Crippen LogP contribution in [0.4, 0.5) is 22.0 Å². The SMILES string of the molecule is O=C(Oc1ccc(C#Cc2c(F)c(F)c(F)c(F)c2F)cc1)c1ccccc1. The number of hydrogen-bond acceptors (Lipinski definition) is 2. The molecule has 0 spiro atoms. The molecule has 0 unspecified atom stereocenters. The zero-order valence-corrected chi connectivity index (χ0v) is 13.9. The first-order chi connectivity index (χ1) is 13.4. The van der Waals surface area contributed by atoms with Crippen LogP contribution in [0.2, 0.25) is 0 Å². The van der Waals surface area contributed by atoms with Crippen molar-refractivity contribution in [3.8, 4) is 17.6 Å². The summed E-state index contributed by atoms with van der Waals surface area (Å²) in [5.41, 5.74) is -0.669. The van der Waals surface area contributed by atoms with Gasteiger partial charge in [0.05, 0.1) is 5.56 Å². The average molecular weight is 388 g/mol. The molecule has 0 saturated heterocycles. The van der Waals surface area contributed by atoms with Crippen LogP contribution in [-0.2, 0) is 0 Å². The minimum absolute atomic E-state index is 0.190. The van der Waals surface area contributed by atoms with Crippen LogP contribution in [0.3, 0.4) is 0 Å². The minimum Gasteiger partial charge on any atom is -0.423 e. The van der Waals surface area contributed by atoms with Gasteiger partial charge in [0, 0.05) is 5.56 Å². The monoisotopic (exact) mass is 388 g/mol. The topological polar surface area (TPSA) is 26.3 Å². The van der Waals surface area contributed by atoms with Crippen molar-refractivity contribution in [2.24, 2.45) is 0 Å². The Hall–Kier alpha value is -3.66. The van der Waals surface area contributed by atoms with Gasteiger partial charge >= 0.3 is 5.97 Å². The molecule has 0 aliphatic carbocycles. The molecule has 140 valence electrons. The van der Waals surface area contributed by atoms with Gasteiger partial charge in [-0.05, 0) is 36.4 Å². The molecule has 0 aliphatic rings. The van der Waals surface area contributed by atoms with Crippen LogP contribution in [0.15, 0.2) is 54.6 Å². The normalized spacial score (nSPS) is 10.2. The van der Waals surface area contributed by atoms with Crippen molar-refractivity contribution in [3.05, 3.63) is 100 Å². The van der Waals surface area contributed by atoms with Crippen molar-refractivity contribution in [1.82, 2.24) is 0 Å². The molecular weight excluding hydrogens is 379 g/mol. The molecule has 0 aliphatic heterocycles. The van der Waals surface area contributed by atoms with E-state index in [0.29, 0.717) is 5.56 Å². The van der Waals surface area contributed by atoms with Gasteiger partial charge in [-0.15, -0.1) is 0 Å². The molecule has 0 amide bonds. The molecule has 0 radical (unpaired) electrons. The zero-order chi connectivity index (χ0) is 20.3. The Kier molecular flexibility index (Phi) is 5.41. The van der Waals surface area contributed by atoms with Crippen molar-refractivity contribution in [2.75, 3.05) is 0 Å². The van der Waals surface area contributed by atoms with Gasteiger partial charge in [-0.25, -0.2) is 26.7 Å². The third kappa shape index (κ3) is 3.86. The number of hydrogen-bond donors (Lipinski definition) is 0. The van der Waals surface area contributed by atoms with Gasteiger partial charge in [-0.2, -0.15) is 0 Å². The van der Waals surface area contributed by atoms with Gasteiger partial charge in [0.1, 0.15) is 11.3 Å². The van der Waals surface area contributed by atoms with Crippen LogP contribution in [0.5, 0.6) is 5.75 Å². The minimum atomic E-state index is -2.25. The van der Waals surface area contributed by atoms with Crippen LogP contribution in [0.1, 0.15) is 21.5 Å². The summed E-state index contributed by atoms with van der Waals surface area (Å²) in [6, 6.07) is 13.7. The van der Waals surface area contributed by atoms with E-state index in [4.69, 9.17) is 4.74 Å². The highest BCUT2D eigenvalue weighted by atomic mass is 19.2. The predicted molar refractivity (Wildman–Crippen MR) is 90.1 cm³/mol. The molecule has 7 heteroatoms. The molecular formula is C21H9F5O2. The van der Waals surface area contributed by atoms with E-state index in [-0.39, 0.29) is 11.3 Å². The summed E-state index contributed by atoms with van der Waals surface area (Å²) in [5.74, 6) is -6.53. The van der Waals surface area contributed by atoms with Gasteiger partial charge in [0.15, 0.2) is 23.3 Å². The van der Waals surface area contributed by atoms with E-state index in [1.807, 2.05) is 5.92 Å². The second kappa shape index (κ2) is 7.92. The van der Waals surface area contributed by atoms with Crippen molar-refractivity contribution < 1.29 is 31.5 Å². The Morgan fingerprint density at radius 1 is 0.679 bits per heavy atom. The highest BCUT2D eigenvalue weighted by Crippen LogP contribution is 2.22. The van der Waals surface area contributed by atoms with Crippen molar-refractivity contribution in [1.29, 1.82) is 0 Å². The lowest BCUT2D eigenvalue weighted by atomic mass is 10.1. The first-order valence-electron chi connectivity index (χ1n) is 7.79. The van der Waals surface area contributed by atoms with E-state index in [1.165, 1.54) is 24.3 Å². The molecule has 0 heterocycles. The maximum absolute atomic E-state index is 13.6. The summed E-state index contributed by atoms with van der Waals surface area (Å²) >= 11 is 0. The fourth-order valence-corrected chi connectivity index (χ4v) is 2.20. The van der Waals surface area contributed by atoms with Crippen molar-refractivity contribution in [2.45, 2.75) is 0 Å². The third-order valence-corrected chi connectivity index (χ3v) is 3.62. The lowest BCUT2D eigenvalue weighted by molar-refractivity contribution is 0.0734. The Morgan fingerprint density at radius 2 is 1.21 bits per heavy atom. The molecule has 0 aromatic heterocycles. The third-order valence-electron chi connectivity index (χ3n) is 3.62. The molecule has 3 aromatic rings. The Morgan fingerprint density at radius 3 is 1.79 bits per heavy atom. The number of carbonyl (C=O) groups is 1. The molecule has 0 bridgehead atoms. The van der Waals surface area contributed by atoms with E-state index < -0.39 is 40.6 Å². The van der Waals surface area contributed by atoms with Crippen molar-refractivity contribution in [3.63, 3.8) is 0 Å². The maximum atomic E-state index is 13.6. The van der Waals surface area contributed by atoms with Gasteiger partial charge in [0.2, 0.25) is 5.82 Å². The standard InChI is InChI=1S/C21H9F5O2/c22-16-15(17(23)19(25)20(26)18(16)24)11-8-12-6-9-14(10-7-12)28-21(27)13-4-2-1-3-5-13/h1-7,9-10H. The highest BCUT2D eigenvalue weighted by Gasteiger charge is 2.24. The number of halogens is 5. The van der Waals surface area contributed by atoms with Crippen LogP contribution in [-0.4, -0.2) is 5.97 Å². The Labute approximate surface area is 156 Å². The Bertz CT molecular complexity index is 1070. The van der Waals surface area contributed by atoms with Gasteiger partial charge < -0.3 is 4.74 Å². The predicted octanol–water partition coefficient (Wildman–Crippen LogP) is 5.00. The van der Waals surface area contributed by atoms with Crippen LogP contribution < -0.4 is 4.74 Å². The smallest absolute Gasteiger partial charge is 0.343 e. The molecule has 0 fully saturated rings. The first-order valence-corrected chi connectivity index (χ1v) is 7.79. The lowest BCUT2D eigenvalue weighted by Gasteiger charge is -2.04. The summed E-state index contributed by atoms with van der Waals surface area (Å²) in [6.45, 7) is 0. The lowest BCUT2D eigenvalue weighted by Crippen LogP contribution is -2.07. The number of esters is 1. The van der Waals surface area contributed by atoms with E-state index in [0.717, 1.165) is 0 Å². The molecule has 3 rings (SSSR count). The molecule has 3 aromatic carbocycles. The summed E-state index contributed by atoms with van der Waals surface area (Å²) in [4.78, 5) is 11.9. The fourth-order valence-electron chi connectivity index (χ4n) is 2.20. The van der Waals surface area contributed by atoms with Crippen LogP contribution in [0.25, 0.3) is 0 Å². The maximum Gasteiger partial charge on any atom is 0.343 e. The molecule has 0 atom stereocenters. The molecule has 0 N–H and O–H groups in total. The number of rotatable bonds is 2. The summed E-state index contributed by atoms with van der Waals surface area (Å²) < 4.78 is 71.7. The summed E-state index contributed by atoms with van der Waals surface area (Å²) in [5, 5.41) is 0. The number of benzene rings is 3. The van der Waals surface area contributed by atoms with Gasteiger partial charge in [0.25, 0.3) is 0 Å². The summed E-state index contributed by atoms with van der Waals surface area (Å²) in [7, 11) is 0. The van der Waals surface area contributed by atoms with Crippen LogP contribution >= 0.6 is 0 Å². The second-order valence-electron chi connectivity index (χ2n) is 5.47. The molecule has 28 heavy (non-hydrogen) atoms. The Balaban J connectivity index is 1.81. The average Bonchev–Trinajstić information content (AvgIpc) is 2.72. The van der Waals surface area contributed by atoms with Gasteiger partial charge in [-0.3, -0.25) is 0 Å². The fraction of sp³-hybridized carbons (Fsp3) is 0. The largest absolute Gasteiger partial charge is 0.423 e. The van der Waals surface area contributed by atoms with E-state index in [1.54, 1.807) is 30.3 Å². The number of ether oxygens (including phenoxy) is 1.